The molecule has 1 atom stereocenters. The highest BCUT2D eigenvalue weighted by Gasteiger charge is 2.40. The molecule has 1 aliphatic carbocycles. The number of aliphatic carboxylic acids is 1. The van der Waals surface area contributed by atoms with Crippen LogP contribution in [0.3, 0.4) is 0 Å². The molecule has 1 fully saturated rings. The monoisotopic (exact) mass is 317 g/mol. The Kier molecular flexibility index (Phi) is 5.45. The lowest BCUT2D eigenvalue weighted by Gasteiger charge is -2.36. The number of nitrogens with one attached hydrogen (secondary N) is 1. The van der Waals surface area contributed by atoms with Crippen molar-refractivity contribution in [2.75, 3.05) is 6.54 Å². The Balaban J connectivity index is 2.13. The number of amides is 1. The van der Waals surface area contributed by atoms with E-state index in [0.29, 0.717) is 5.56 Å². The SMILES string of the molecule is CCC1(C(=O)NCC(C)(C(=O)O)c2ccccc2)CCCCC1. The fourth-order valence-electron chi connectivity index (χ4n) is 3.52. The van der Waals surface area contributed by atoms with Gasteiger partial charge in [0, 0.05) is 12.0 Å². The Morgan fingerprint density at radius 3 is 2.30 bits per heavy atom. The van der Waals surface area contributed by atoms with Crippen LogP contribution in [0.5, 0.6) is 0 Å². The van der Waals surface area contributed by atoms with Gasteiger partial charge in [-0.2, -0.15) is 0 Å². The van der Waals surface area contributed by atoms with Crippen molar-refractivity contribution >= 4 is 11.9 Å². The van der Waals surface area contributed by atoms with Crippen molar-refractivity contribution in [1.29, 1.82) is 0 Å². The van der Waals surface area contributed by atoms with E-state index in [2.05, 4.69) is 12.2 Å². The zero-order valence-corrected chi connectivity index (χ0v) is 14.1. The maximum Gasteiger partial charge on any atom is 0.315 e. The summed E-state index contributed by atoms with van der Waals surface area (Å²) in [4.78, 5) is 24.6. The van der Waals surface area contributed by atoms with E-state index in [-0.39, 0.29) is 17.9 Å². The van der Waals surface area contributed by atoms with Crippen molar-refractivity contribution in [3.8, 4) is 0 Å². The molecule has 0 spiro atoms. The number of carbonyl (C=O) groups is 2. The van der Waals surface area contributed by atoms with Gasteiger partial charge in [-0.1, -0.05) is 56.5 Å². The van der Waals surface area contributed by atoms with Crippen molar-refractivity contribution in [3.05, 3.63) is 35.9 Å². The molecule has 0 bridgehead atoms. The Hall–Kier alpha value is -1.84. The third kappa shape index (κ3) is 3.57. The molecule has 23 heavy (non-hydrogen) atoms. The van der Waals surface area contributed by atoms with Crippen LogP contribution in [0.25, 0.3) is 0 Å². The van der Waals surface area contributed by atoms with Gasteiger partial charge in [-0.15, -0.1) is 0 Å². The van der Waals surface area contributed by atoms with Crippen LogP contribution in [-0.4, -0.2) is 23.5 Å². The topological polar surface area (TPSA) is 66.4 Å². The molecular weight excluding hydrogens is 290 g/mol. The van der Waals surface area contributed by atoms with Gasteiger partial charge < -0.3 is 10.4 Å². The summed E-state index contributed by atoms with van der Waals surface area (Å²) in [5.74, 6) is -0.902. The molecule has 1 aromatic rings. The highest BCUT2D eigenvalue weighted by molar-refractivity contribution is 5.85. The molecule has 2 rings (SSSR count). The van der Waals surface area contributed by atoms with Gasteiger partial charge in [0.1, 0.15) is 5.41 Å². The first-order valence-electron chi connectivity index (χ1n) is 8.52. The molecule has 2 N–H and O–H groups in total. The minimum absolute atomic E-state index is 0.0168. The zero-order chi connectivity index (χ0) is 16.9. The van der Waals surface area contributed by atoms with E-state index in [4.69, 9.17) is 0 Å². The predicted octanol–water partition coefficient (Wildman–Crippen LogP) is 3.51. The Bertz CT molecular complexity index is 549. The average molecular weight is 317 g/mol. The Morgan fingerprint density at radius 2 is 1.78 bits per heavy atom. The summed E-state index contributed by atoms with van der Waals surface area (Å²) < 4.78 is 0. The number of carboxylic acid groups (broad SMARTS) is 1. The molecule has 126 valence electrons. The first-order chi connectivity index (χ1) is 10.9. The van der Waals surface area contributed by atoms with Crippen molar-refractivity contribution < 1.29 is 14.7 Å². The quantitative estimate of drug-likeness (QED) is 0.844. The van der Waals surface area contributed by atoms with Crippen LogP contribution >= 0.6 is 0 Å². The second-order valence-electron chi connectivity index (χ2n) is 6.88. The first-order valence-corrected chi connectivity index (χ1v) is 8.52. The van der Waals surface area contributed by atoms with E-state index in [1.165, 1.54) is 6.42 Å². The predicted molar refractivity (Wildman–Crippen MR) is 90.2 cm³/mol. The van der Waals surface area contributed by atoms with Crippen LogP contribution < -0.4 is 5.32 Å². The van der Waals surface area contributed by atoms with E-state index in [1.54, 1.807) is 19.1 Å². The minimum atomic E-state index is -1.11. The fourth-order valence-corrected chi connectivity index (χ4v) is 3.52. The third-order valence-electron chi connectivity index (χ3n) is 5.45. The second kappa shape index (κ2) is 7.16. The zero-order valence-electron chi connectivity index (χ0n) is 14.1. The molecule has 4 heteroatoms. The molecule has 1 aliphatic rings. The summed E-state index contributed by atoms with van der Waals surface area (Å²) in [6.07, 6.45) is 5.97. The van der Waals surface area contributed by atoms with Gasteiger partial charge in [-0.3, -0.25) is 9.59 Å². The molecule has 1 saturated carbocycles. The summed E-state index contributed by atoms with van der Waals surface area (Å²) in [6.45, 7) is 3.84. The normalized spacial score (nSPS) is 19.6. The van der Waals surface area contributed by atoms with Gasteiger partial charge in [-0.25, -0.2) is 0 Å². The van der Waals surface area contributed by atoms with Crippen LogP contribution in [0.15, 0.2) is 30.3 Å². The van der Waals surface area contributed by atoms with Gasteiger partial charge in [-0.05, 0) is 31.7 Å². The summed E-state index contributed by atoms with van der Waals surface area (Å²) in [7, 11) is 0. The van der Waals surface area contributed by atoms with Crippen molar-refractivity contribution in [1.82, 2.24) is 5.32 Å². The standard InChI is InChI=1S/C19H27NO3/c1-3-19(12-8-5-9-13-19)16(21)20-14-18(2,17(22)23)15-10-6-4-7-11-15/h4,6-7,10-11H,3,5,8-9,12-14H2,1-2H3,(H,20,21)(H,22,23). The molecule has 0 heterocycles. The minimum Gasteiger partial charge on any atom is -0.481 e. The van der Waals surface area contributed by atoms with E-state index in [9.17, 15) is 14.7 Å². The smallest absolute Gasteiger partial charge is 0.315 e. The van der Waals surface area contributed by atoms with Crippen LogP contribution in [0.4, 0.5) is 0 Å². The molecule has 0 aromatic heterocycles. The van der Waals surface area contributed by atoms with Crippen LogP contribution in [-0.2, 0) is 15.0 Å². The number of carboxylic acids is 1. The maximum atomic E-state index is 12.7. The van der Waals surface area contributed by atoms with E-state index in [0.717, 1.165) is 32.1 Å². The highest BCUT2D eigenvalue weighted by Crippen LogP contribution is 2.39. The summed E-state index contributed by atoms with van der Waals surface area (Å²) >= 11 is 0. The lowest BCUT2D eigenvalue weighted by molar-refractivity contribution is -0.143. The largest absolute Gasteiger partial charge is 0.481 e. The maximum absolute atomic E-state index is 12.7. The Morgan fingerprint density at radius 1 is 1.17 bits per heavy atom. The summed E-state index contributed by atoms with van der Waals surface area (Å²) in [5.41, 5.74) is -0.712. The van der Waals surface area contributed by atoms with Gasteiger partial charge in [0.25, 0.3) is 0 Å². The van der Waals surface area contributed by atoms with Crippen molar-refractivity contribution in [3.63, 3.8) is 0 Å². The molecule has 1 aromatic carbocycles. The first kappa shape index (κ1) is 17.5. The van der Waals surface area contributed by atoms with Gasteiger partial charge >= 0.3 is 5.97 Å². The molecular formula is C19H27NO3. The van der Waals surface area contributed by atoms with Crippen LogP contribution in [0.1, 0.15) is 57.9 Å². The highest BCUT2D eigenvalue weighted by atomic mass is 16.4. The Labute approximate surface area is 138 Å². The van der Waals surface area contributed by atoms with E-state index in [1.807, 2.05) is 18.2 Å². The molecule has 0 radical (unpaired) electrons. The van der Waals surface area contributed by atoms with Gasteiger partial charge in [0.15, 0.2) is 0 Å². The molecule has 0 aliphatic heterocycles. The van der Waals surface area contributed by atoms with Crippen molar-refractivity contribution in [2.24, 2.45) is 5.41 Å². The third-order valence-corrected chi connectivity index (χ3v) is 5.45. The molecule has 1 amide bonds. The fraction of sp³-hybridized carbons (Fsp3) is 0.579. The van der Waals surface area contributed by atoms with E-state index < -0.39 is 11.4 Å². The number of rotatable bonds is 6. The average Bonchev–Trinajstić information content (AvgIpc) is 2.60. The lowest BCUT2D eigenvalue weighted by Crippen LogP contribution is -2.49. The van der Waals surface area contributed by atoms with E-state index >= 15 is 0 Å². The van der Waals surface area contributed by atoms with Crippen LogP contribution in [0.2, 0.25) is 0 Å². The molecule has 1 unspecified atom stereocenters. The number of carbonyl (C=O) groups excluding carboxylic acids is 1. The second-order valence-corrected chi connectivity index (χ2v) is 6.88. The van der Waals surface area contributed by atoms with Crippen molar-refractivity contribution in [2.45, 2.75) is 57.8 Å². The molecule has 4 nitrogen and oxygen atoms in total. The summed E-state index contributed by atoms with van der Waals surface area (Å²) in [5, 5.41) is 12.6. The number of hydrogen-bond acceptors (Lipinski definition) is 2. The number of benzene rings is 1. The molecule has 0 saturated heterocycles. The lowest BCUT2D eigenvalue weighted by atomic mass is 9.71. The number of hydrogen-bond donors (Lipinski definition) is 2. The summed E-state index contributed by atoms with van der Waals surface area (Å²) in [6, 6.07) is 9.12. The van der Waals surface area contributed by atoms with Gasteiger partial charge in [0.2, 0.25) is 5.91 Å². The van der Waals surface area contributed by atoms with Crippen LogP contribution in [0, 0.1) is 5.41 Å². The van der Waals surface area contributed by atoms with Gasteiger partial charge in [0.05, 0.1) is 0 Å².